The van der Waals surface area contributed by atoms with Gasteiger partial charge in [0, 0.05) is 24.8 Å². The first-order valence-corrected chi connectivity index (χ1v) is 6.84. The van der Waals surface area contributed by atoms with Crippen molar-refractivity contribution in [3.63, 3.8) is 0 Å². The number of aryl methyl sites for hydroxylation is 1. The van der Waals surface area contributed by atoms with Crippen molar-refractivity contribution in [2.45, 2.75) is 32.7 Å². The first-order chi connectivity index (χ1) is 9.08. The Morgan fingerprint density at radius 1 is 1.37 bits per heavy atom. The molecule has 1 aliphatic heterocycles. The summed E-state index contributed by atoms with van der Waals surface area (Å²) in [7, 11) is 0. The van der Waals surface area contributed by atoms with Crippen LogP contribution >= 0.6 is 0 Å². The molecule has 19 heavy (non-hydrogen) atoms. The van der Waals surface area contributed by atoms with E-state index in [1.54, 1.807) is 6.92 Å². The van der Waals surface area contributed by atoms with E-state index in [0.29, 0.717) is 17.0 Å². The van der Waals surface area contributed by atoms with Gasteiger partial charge in [-0.15, -0.1) is 0 Å². The first kappa shape index (κ1) is 14.4. The molecule has 106 valence electrons. The van der Waals surface area contributed by atoms with Crippen LogP contribution in [0.4, 0.5) is 8.78 Å². The summed E-state index contributed by atoms with van der Waals surface area (Å²) in [6, 6.07) is 2.35. The molecule has 1 aliphatic rings. The van der Waals surface area contributed by atoms with Crippen molar-refractivity contribution in [1.29, 1.82) is 0 Å². The molecule has 1 saturated heterocycles. The van der Waals surface area contributed by atoms with E-state index in [9.17, 15) is 8.78 Å². The molecule has 4 heteroatoms. The number of benzene rings is 1. The van der Waals surface area contributed by atoms with Gasteiger partial charge in [0.2, 0.25) is 0 Å². The third-order valence-electron chi connectivity index (χ3n) is 3.71. The molecule has 0 radical (unpaired) electrons. The zero-order valence-corrected chi connectivity index (χ0v) is 11.5. The summed E-state index contributed by atoms with van der Waals surface area (Å²) in [5, 5.41) is 3.27. The smallest absolute Gasteiger partial charge is 0.128 e. The van der Waals surface area contributed by atoms with Crippen molar-refractivity contribution in [3.8, 4) is 0 Å². The highest BCUT2D eigenvalue weighted by Crippen LogP contribution is 2.21. The molecule has 1 aromatic rings. The van der Waals surface area contributed by atoms with E-state index in [0.717, 1.165) is 32.6 Å². The van der Waals surface area contributed by atoms with Crippen LogP contribution in [0.1, 0.15) is 36.9 Å². The summed E-state index contributed by atoms with van der Waals surface area (Å²) in [6.45, 7) is 5.79. The standard InChI is InChI=1S/C15H21F2NO/c1-10-6-15(17)13(7-14(10)16)11(2)18-8-12-4-3-5-19-9-12/h6-7,11-12,18H,3-5,8-9H2,1-2H3. The Morgan fingerprint density at radius 3 is 2.84 bits per heavy atom. The molecule has 2 atom stereocenters. The maximum atomic E-state index is 13.8. The molecular formula is C15H21F2NO. The maximum absolute atomic E-state index is 13.8. The minimum Gasteiger partial charge on any atom is -0.381 e. The summed E-state index contributed by atoms with van der Waals surface area (Å²) in [6.07, 6.45) is 2.21. The predicted octanol–water partition coefficient (Wildman–Crippen LogP) is 3.35. The fraction of sp³-hybridized carbons (Fsp3) is 0.600. The van der Waals surface area contributed by atoms with Gasteiger partial charge in [0.15, 0.2) is 0 Å². The van der Waals surface area contributed by atoms with E-state index in [-0.39, 0.29) is 17.7 Å². The average molecular weight is 269 g/mol. The van der Waals surface area contributed by atoms with Crippen LogP contribution in [0.15, 0.2) is 12.1 Å². The summed E-state index contributed by atoms with van der Waals surface area (Å²) >= 11 is 0. The van der Waals surface area contributed by atoms with Crippen LogP contribution in [0.3, 0.4) is 0 Å². The highest BCUT2D eigenvalue weighted by atomic mass is 19.1. The van der Waals surface area contributed by atoms with Crippen molar-refractivity contribution < 1.29 is 13.5 Å². The number of rotatable bonds is 4. The molecule has 2 nitrogen and oxygen atoms in total. The molecule has 0 saturated carbocycles. The van der Waals surface area contributed by atoms with Crippen molar-refractivity contribution in [2.75, 3.05) is 19.8 Å². The molecule has 0 aliphatic carbocycles. The fourth-order valence-corrected chi connectivity index (χ4v) is 2.42. The summed E-state index contributed by atoms with van der Waals surface area (Å²) in [5.41, 5.74) is 0.731. The lowest BCUT2D eigenvalue weighted by Gasteiger charge is -2.24. The van der Waals surface area contributed by atoms with Crippen molar-refractivity contribution >= 4 is 0 Å². The van der Waals surface area contributed by atoms with Crippen molar-refractivity contribution in [2.24, 2.45) is 5.92 Å². The fourth-order valence-electron chi connectivity index (χ4n) is 2.42. The number of ether oxygens (including phenoxy) is 1. The van der Waals surface area contributed by atoms with Gasteiger partial charge < -0.3 is 10.1 Å². The number of hydrogen-bond donors (Lipinski definition) is 1. The molecule has 1 aromatic carbocycles. The normalized spacial score (nSPS) is 21.4. The average Bonchev–Trinajstić information content (AvgIpc) is 2.41. The lowest BCUT2D eigenvalue weighted by molar-refractivity contribution is 0.0539. The first-order valence-electron chi connectivity index (χ1n) is 6.84. The second-order valence-corrected chi connectivity index (χ2v) is 5.34. The summed E-state index contributed by atoms with van der Waals surface area (Å²) in [5.74, 6) is -0.237. The molecule has 0 amide bonds. The highest BCUT2D eigenvalue weighted by molar-refractivity contribution is 5.27. The second-order valence-electron chi connectivity index (χ2n) is 5.34. The van der Waals surface area contributed by atoms with Gasteiger partial charge in [-0.3, -0.25) is 0 Å². The van der Waals surface area contributed by atoms with Gasteiger partial charge in [-0.25, -0.2) is 8.78 Å². The van der Waals surface area contributed by atoms with Gasteiger partial charge in [-0.05, 0) is 50.3 Å². The quantitative estimate of drug-likeness (QED) is 0.905. The van der Waals surface area contributed by atoms with Gasteiger partial charge in [-0.1, -0.05) is 0 Å². The molecule has 2 unspecified atom stereocenters. The molecule has 0 aromatic heterocycles. The third kappa shape index (κ3) is 3.74. The van der Waals surface area contributed by atoms with Crippen LogP contribution in [0, 0.1) is 24.5 Å². The zero-order valence-electron chi connectivity index (χ0n) is 11.5. The van der Waals surface area contributed by atoms with Gasteiger partial charge in [0.05, 0.1) is 6.61 Å². The zero-order chi connectivity index (χ0) is 13.8. The van der Waals surface area contributed by atoms with Crippen molar-refractivity contribution in [1.82, 2.24) is 5.32 Å². The largest absolute Gasteiger partial charge is 0.381 e. The van der Waals surface area contributed by atoms with Crippen LogP contribution in [-0.4, -0.2) is 19.8 Å². The lowest BCUT2D eigenvalue weighted by Crippen LogP contribution is -2.31. The Morgan fingerprint density at radius 2 is 2.16 bits per heavy atom. The second kappa shape index (κ2) is 6.44. The lowest BCUT2D eigenvalue weighted by atomic mass is 10.0. The molecular weight excluding hydrogens is 248 g/mol. The van der Waals surface area contributed by atoms with Crippen LogP contribution in [-0.2, 0) is 4.74 Å². The van der Waals surface area contributed by atoms with Gasteiger partial charge in [0.25, 0.3) is 0 Å². The third-order valence-corrected chi connectivity index (χ3v) is 3.71. The number of nitrogens with one attached hydrogen (secondary N) is 1. The van der Waals surface area contributed by atoms with E-state index in [1.807, 2.05) is 6.92 Å². The molecule has 1 fully saturated rings. The molecule has 0 spiro atoms. The Bertz CT molecular complexity index is 430. The predicted molar refractivity (Wildman–Crippen MR) is 71.1 cm³/mol. The minimum atomic E-state index is -0.356. The Balaban J connectivity index is 1.95. The SMILES string of the molecule is Cc1cc(F)c(C(C)NCC2CCCOC2)cc1F. The topological polar surface area (TPSA) is 21.3 Å². The number of hydrogen-bond acceptors (Lipinski definition) is 2. The van der Waals surface area contributed by atoms with Gasteiger partial charge >= 0.3 is 0 Å². The van der Waals surface area contributed by atoms with E-state index >= 15 is 0 Å². The van der Waals surface area contributed by atoms with E-state index in [4.69, 9.17) is 4.74 Å². The van der Waals surface area contributed by atoms with E-state index in [2.05, 4.69) is 5.32 Å². The highest BCUT2D eigenvalue weighted by Gasteiger charge is 2.17. The molecule has 0 bridgehead atoms. The van der Waals surface area contributed by atoms with Gasteiger partial charge in [0.1, 0.15) is 11.6 Å². The Kier molecular flexibility index (Phi) is 4.88. The summed E-state index contributed by atoms with van der Waals surface area (Å²) in [4.78, 5) is 0. The van der Waals surface area contributed by atoms with E-state index < -0.39 is 0 Å². The van der Waals surface area contributed by atoms with E-state index in [1.165, 1.54) is 12.1 Å². The molecule has 1 N–H and O–H groups in total. The molecule has 1 heterocycles. The Labute approximate surface area is 113 Å². The minimum absolute atomic E-state index is 0.197. The maximum Gasteiger partial charge on any atom is 0.128 e. The Hall–Kier alpha value is -1.00. The van der Waals surface area contributed by atoms with Crippen LogP contribution in [0.25, 0.3) is 0 Å². The van der Waals surface area contributed by atoms with Crippen molar-refractivity contribution in [3.05, 3.63) is 34.9 Å². The molecule has 2 rings (SSSR count). The van der Waals surface area contributed by atoms with Crippen LogP contribution < -0.4 is 5.32 Å². The van der Waals surface area contributed by atoms with Crippen LogP contribution in [0.5, 0.6) is 0 Å². The van der Waals surface area contributed by atoms with Gasteiger partial charge in [-0.2, -0.15) is 0 Å². The summed E-state index contributed by atoms with van der Waals surface area (Å²) < 4.78 is 32.7. The number of halogens is 2. The monoisotopic (exact) mass is 269 g/mol. The van der Waals surface area contributed by atoms with Crippen LogP contribution in [0.2, 0.25) is 0 Å².